The van der Waals surface area contributed by atoms with Gasteiger partial charge in [-0.05, 0) is 40.2 Å². The van der Waals surface area contributed by atoms with Gasteiger partial charge in [-0.15, -0.1) is 0 Å². The summed E-state index contributed by atoms with van der Waals surface area (Å²) < 4.78 is 20.1. The molecule has 0 spiro atoms. The molecular formula is C20H30FN3O2S2. The lowest BCUT2D eigenvalue weighted by Gasteiger charge is -2.27. The van der Waals surface area contributed by atoms with Gasteiger partial charge in [0.1, 0.15) is 17.1 Å². The van der Waals surface area contributed by atoms with Crippen LogP contribution in [0.4, 0.5) is 9.18 Å². The molecule has 0 saturated carbocycles. The van der Waals surface area contributed by atoms with Crippen molar-refractivity contribution in [3.63, 3.8) is 0 Å². The van der Waals surface area contributed by atoms with Gasteiger partial charge >= 0.3 is 6.09 Å². The number of nitrogens with zero attached hydrogens (tertiary/aromatic N) is 2. The first-order valence-corrected chi connectivity index (χ1v) is 8.85. The van der Waals surface area contributed by atoms with Crippen LogP contribution in [0.3, 0.4) is 0 Å². The van der Waals surface area contributed by atoms with E-state index in [0.29, 0.717) is 5.82 Å². The minimum Gasteiger partial charge on any atom is -0.444 e. The zero-order chi connectivity index (χ0) is 19.1. The molecule has 1 aliphatic heterocycles. The number of benzene rings is 1. The van der Waals surface area contributed by atoms with Gasteiger partial charge in [-0.1, -0.05) is 29.8 Å². The molecule has 156 valence electrons. The summed E-state index contributed by atoms with van der Waals surface area (Å²) in [6.45, 7) is 8.93. The number of hydrogen-bond donors (Lipinski definition) is 1. The van der Waals surface area contributed by atoms with Crippen molar-refractivity contribution in [2.45, 2.75) is 58.4 Å². The van der Waals surface area contributed by atoms with E-state index in [2.05, 4.69) is 9.97 Å². The van der Waals surface area contributed by atoms with Crippen molar-refractivity contribution in [1.29, 1.82) is 0 Å². The second-order valence-electron chi connectivity index (χ2n) is 8.29. The van der Waals surface area contributed by atoms with Crippen LogP contribution in [0.5, 0.6) is 0 Å². The van der Waals surface area contributed by atoms with Gasteiger partial charge in [-0.25, -0.2) is 14.2 Å². The molecule has 8 heteroatoms. The number of rotatable bonds is 2. The van der Waals surface area contributed by atoms with Crippen LogP contribution in [0.25, 0.3) is 11.3 Å². The summed E-state index contributed by atoms with van der Waals surface area (Å²) in [6.07, 6.45) is 1.39. The molecule has 1 amide bonds. The number of aromatic nitrogens is 2. The van der Waals surface area contributed by atoms with E-state index in [1.807, 2.05) is 31.2 Å². The Labute approximate surface area is 180 Å². The van der Waals surface area contributed by atoms with E-state index in [4.69, 9.17) is 4.74 Å². The summed E-state index contributed by atoms with van der Waals surface area (Å²) in [5.74, 6) is 0.577. The SMILES string of the molecule is Cc1ccc(-c2cnc([C@@H]3C[C@](C)(F)CN3C(=O)OC(C)(C)C)[nH]2)cc1.S.S. The highest BCUT2D eigenvalue weighted by Crippen LogP contribution is 2.40. The van der Waals surface area contributed by atoms with Gasteiger partial charge in [0, 0.05) is 6.42 Å². The third kappa shape index (κ3) is 5.67. The molecule has 3 rings (SSSR count). The predicted octanol–water partition coefficient (Wildman–Crippen LogP) is 5.02. The second-order valence-corrected chi connectivity index (χ2v) is 8.29. The lowest BCUT2D eigenvalue weighted by molar-refractivity contribution is 0.0197. The zero-order valence-corrected chi connectivity index (χ0v) is 19.0. The Kier molecular flexibility index (Phi) is 7.64. The maximum atomic E-state index is 14.7. The molecule has 0 unspecified atom stereocenters. The fraction of sp³-hybridized carbons (Fsp3) is 0.500. The molecule has 1 aromatic carbocycles. The van der Waals surface area contributed by atoms with Crippen molar-refractivity contribution in [3.05, 3.63) is 41.9 Å². The Bertz CT molecular complexity index is 801. The average molecular weight is 428 g/mol. The Hall–Kier alpha value is -1.67. The molecule has 0 aliphatic carbocycles. The van der Waals surface area contributed by atoms with Crippen molar-refractivity contribution in [3.8, 4) is 11.3 Å². The van der Waals surface area contributed by atoms with E-state index in [9.17, 15) is 9.18 Å². The number of amides is 1. The highest BCUT2D eigenvalue weighted by Gasteiger charge is 2.46. The number of nitrogens with one attached hydrogen (secondary N) is 1. The minimum absolute atomic E-state index is 0. The molecule has 1 fully saturated rings. The summed E-state index contributed by atoms with van der Waals surface area (Å²) in [6, 6.07) is 7.59. The average Bonchev–Trinajstić information content (AvgIpc) is 3.10. The monoisotopic (exact) mass is 427 g/mol. The highest BCUT2D eigenvalue weighted by atomic mass is 32.1. The molecule has 1 N–H and O–H groups in total. The normalized spacial score (nSPS) is 21.6. The van der Waals surface area contributed by atoms with Gasteiger partial charge in [-0.2, -0.15) is 27.0 Å². The van der Waals surface area contributed by atoms with E-state index in [0.717, 1.165) is 11.3 Å². The van der Waals surface area contributed by atoms with E-state index >= 15 is 0 Å². The molecule has 2 heterocycles. The van der Waals surface area contributed by atoms with Gasteiger partial charge in [0.25, 0.3) is 0 Å². The molecule has 0 radical (unpaired) electrons. The minimum atomic E-state index is -1.47. The quantitative estimate of drug-likeness (QED) is 0.732. The number of ether oxygens (including phenoxy) is 1. The number of halogens is 1. The molecule has 1 aliphatic rings. The van der Waals surface area contributed by atoms with Gasteiger partial charge < -0.3 is 9.72 Å². The number of aromatic amines is 1. The van der Waals surface area contributed by atoms with Crippen LogP contribution in [0, 0.1) is 6.92 Å². The smallest absolute Gasteiger partial charge is 0.411 e. The van der Waals surface area contributed by atoms with Crippen LogP contribution >= 0.6 is 27.0 Å². The van der Waals surface area contributed by atoms with E-state index < -0.39 is 23.4 Å². The Balaban J connectivity index is 0.00000196. The summed E-state index contributed by atoms with van der Waals surface area (Å²) >= 11 is 0. The standard InChI is InChI=1S/C20H26FN3O2.2H2S/c1-13-6-8-14(9-7-13)15-11-22-17(23-15)16-10-20(5,21)12-24(16)18(25)26-19(2,3)4;;/h6-9,11,16H,10,12H2,1-5H3,(H,22,23);2*1H2/t16-,20-;;/m0../s1. The van der Waals surface area contributed by atoms with Crippen LogP contribution in [-0.2, 0) is 4.74 Å². The van der Waals surface area contributed by atoms with Gasteiger partial charge in [0.05, 0.1) is 24.5 Å². The lowest BCUT2D eigenvalue weighted by atomic mass is 10.0. The Morgan fingerprint density at radius 3 is 2.46 bits per heavy atom. The Morgan fingerprint density at radius 2 is 1.89 bits per heavy atom. The number of alkyl halides is 1. The van der Waals surface area contributed by atoms with Crippen molar-refractivity contribution in [2.24, 2.45) is 0 Å². The molecule has 5 nitrogen and oxygen atoms in total. The maximum Gasteiger partial charge on any atom is 0.411 e. The number of likely N-dealkylation sites (tertiary alicyclic amines) is 1. The summed E-state index contributed by atoms with van der Waals surface area (Å²) in [4.78, 5) is 21.6. The van der Waals surface area contributed by atoms with Gasteiger partial charge in [0.2, 0.25) is 0 Å². The van der Waals surface area contributed by atoms with E-state index in [-0.39, 0.29) is 40.0 Å². The van der Waals surface area contributed by atoms with Crippen molar-refractivity contribution in [2.75, 3.05) is 6.54 Å². The largest absolute Gasteiger partial charge is 0.444 e. The second kappa shape index (κ2) is 8.78. The number of H-pyrrole nitrogens is 1. The van der Waals surface area contributed by atoms with Crippen molar-refractivity contribution < 1.29 is 13.9 Å². The Morgan fingerprint density at radius 1 is 1.29 bits per heavy atom. The molecule has 2 atom stereocenters. The van der Waals surface area contributed by atoms with Gasteiger partial charge in [0.15, 0.2) is 0 Å². The van der Waals surface area contributed by atoms with E-state index in [1.54, 1.807) is 27.0 Å². The first kappa shape index (κ1) is 24.4. The third-order valence-corrected chi connectivity index (χ3v) is 4.40. The molecule has 0 bridgehead atoms. The zero-order valence-electron chi connectivity index (χ0n) is 17.0. The van der Waals surface area contributed by atoms with Crippen LogP contribution in [0.15, 0.2) is 30.5 Å². The summed E-state index contributed by atoms with van der Waals surface area (Å²) in [5.41, 5.74) is 0.912. The number of hydrogen-bond acceptors (Lipinski definition) is 3. The van der Waals surface area contributed by atoms with Crippen LogP contribution in [0.2, 0.25) is 0 Å². The first-order chi connectivity index (χ1) is 12.0. The summed E-state index contributed by atoms with van der Waals surface area (Å²) in [5, 5.41) is 0. The summed E-state index contributed by atoms with van der Waals surface area (Å²) in [7, 11) is 0. The fourth-order valence-corrected chi connectivity index (χ4v) is 3.19. The van der Waals surface area contributed by atoms with Crippen LogP contribution < -0.4 is 0 Å². The van der Waals surface area contributed by atoms with E-state index in [1.165, 1.54) is 17.4 Å². The first-order valence-electron chi connectivity index (χ1n) is 8.85. The number of aryl methyl sites for hydroxylation is 1. The number of carbonyl (C=O) groups is 1. The molecule has 1 saturated heterocycles. The molecule has 2 aromatic rings. The molecular weight excluding hydrogens is 397 g/mol. The van der Waals surface area contributed by atoms with Crippen LogP contribution in [0.1, 0.15) is 51.5 Å². The van der Waals surface area contributed by atoms with Gasteiger partial charge in [-0.3, -0.25) is 4.90 Å². The predicted molar refractivity (Wildman–Crippen MR) is 119 cm³/mol. The fourth-order valence-electron chi connectivity index (χ4n) is 3.19. The van der Waals surface area contributed by atoms with Crippen LogP contribution in [-0.4, -0.2) is 38.8 Å². The lowest BCUT2D eigenvalue weighted by Crippen LogP contribution is -2.38. The maximum absolute atomic E-state index is 14.7. The topological polar surface area (TPSA) is 58.2 Å². The van der Waals surface area contributed by atoms with Crippen molar-refractivity contribution in [1.82, 2.24) is 14.9 Å². The number of carbonyl (C=O) groups excluding carboxylic acids is 1. The molecule has 28 heavy (non-hydrogen) atoms. The third-order valence-electron chi connectivity index (χ3n) is 4.40. The highest BCUT2D eigenvalue weighted by molar-refractivity contribution is 7.59. The van der Waals surface area contributed by atoms with Crippen molar-refractivity contribution >= 4 is 33.1 Å². The molecule has 1 aromatic heterocycles. The number of imidazole rings is 1.